The molecule has 0 aromatic carbocycles. The number of imidazole rings is 1. The smallest absolute Gasteiger partial charge is 0.220 e. The normalized spacial score (nSPS) is 23.3. The summed E-state index contributed by atoms with van der Waals surface area (Å²) in [5.74, 6) is 0.330. The predicted molar refractivity (Wildman–Crippen MR) is 93.1 cm³/mol. The van der Waals surface area contributed by atoms with E-state index in [1.54, 1.807) is 24.9 Å². The molecule has 0 bridgehead atoms. The molecule has 1 fully saturated rings. The van der Waals surface area contributed by atoms with Crippen LogP contribution in [0.25, 0.3) is 0 Å². The molecule has 3 rings (SSSR count). The number of aliphatic hydroxyl groups is 1. The molecule has 128 valence electrons. The van der Waals surface area contributed by atoms with Gasteiger partial charge in [0.2, 0.25) is 5.91 Å². The summed E-state index contributed by atoms with van der Waals surface area (Å²) in [6.07, 6.45) is 11.0. The van der Waals surface area contributed by atoms with Crippen molar-refractivity contribution in [3.63, 3.8) is 0 Å². The number of hydrogen-bond acceptors (Lipinski definition) is 4. The van der Waals surface area contributed by atoms with Crippen LogP contribution >= 0.6 is 15.9 Å². The van der Waals surface area contributed by atoms with Gasteiger partial charge in [-0.25, -0.2) is 4.98 Å². The number of nitrogens with zero attached hydrogens (tertiary/aromatic N) is 3. The Hall–Kier alpha value is -1.73. The van der Waals surface area contributed by atoms with Gasteiger partial charge >= 0.3 is 0 Å². The van der Waals surface area contributed by atoms with E-state index in [-0.39, 0.29) is 11.9 Å². The fourth-order valence-electron chi connectivity index (χ4n) is 3.24. The van der Waals surface area contributed by atoms with Gasteiger partial charge in [-0.3, -0.25) is 9.78 Å². The molecule has 2 aromatic rings. The van der Waals surface area contributed by atoms with Crippen LogP contribution in [0.4, 0.5) is 0 Å². The highest BCUT2D eigenvalue weighted by Gasteiger charge is 2.33. The van der Waals surface area contributed by atoms with Crippen LogP contribution in [0.5, 0.6) is 0 Å². The SMILES string of the molecule is O=C(CCc1cncc(Br)c1)N[C@@H]1CC(Cn2ccnc2)C[C@H]1O. The topological polar surface area (TPSA) is 80.0 Å². The molecule has 1 unspecified atom stereocenters. The number of aliphatic hydroxyl groups excluding tert-OH is 1. The van der Waals surface area contributed by atoms with Crippen LogP contribution in [0, 0.1) is 5.92 Å². The Balaban J connectivity index is 1.45. The van der Waals surface area contributed by atoms with Gasteiger partial charge in [-0.2, -0.15) is 0 Å². The van der Waals surface area contributed by atoms with Crippen molar-refractivity contribution in [1.29, 1.82) is 0 Å². The molecule has 3 atom stereocenters. The third-order valence-corrected chi connectivity index (χ3v) is 4.84. The lowest BCUT2D eigenvalue weighted by atomic mass is 10.1. The summed E-state index contributed by atoms with van der Waals surface area (Å²) < 4.78 is 2.93. The summed E-state index contributed by atoms with van der Waals surface area (Å²) in [4.78, 5) is 20.3. The molecule has 1 aliphatic rings. The monoisotopic (exact) mass is 392 g/mol. The van der Waals surface area contributed by atoms with Crippen molar-refractivity contribution < 1.29 is 9.90 Å². The number of carbonyl (C=O) groups excluding carboxylic acids is 1. The van der Waals surface area contributed by atoms with E-state index in [0.29, 0.717) is 25.2 Å². The Labute approximate surface area is 149 Å². The molecular weight excluding hydrogens is 372 g/mol. The van der Waals surface area contributed by atoms with E-state index < -0.39 is 6.10 Å². The molecule has 1 aliphatic carbocycles. The van der Waals surface area contributed by atoms with Crippen LogP contribution in [0.2, 0.25) is 0 Å². The van der Waals surface area contributed by atoms with Gasteiger partial charge in [0.25, 0.3) is 0 Å². The molecule has 6 nitrogen and oxygen atoms in total. The molecule has 0 aliphatic heterocycles. The summed E-state index contributed by atoms with van der Waals surface area (Å²) in [5.41, 5.74) is 1.02. The number of nitrogens with one attached hydrogen (secondary N) is 1. The van der Waals surface area contributed by atoms with Crippen molar-refractivity contribution in [3.05, 3.63) is 47.2 Å². The second kappa shape index (κ2) is 7.90. The molecule has 0 spiro atoms. The van der Waals surface area contributed by atoms with Gasteiger partial charge in [0.1, 0.15) is 0 Å². The summed E-state index contributed by atoms with van der Waals surface area (Å²) in [5, 5.41) is 13.2. The largest absolute Gasteiger partial charge is 0.391 e. The lowest BCUT2D eigenvalue weighted by Crippen LogP contribution is -2.40. The molecule has 2 heterocycles. The quantitative estimate of drug-likeness (QED) is 0.786. The Morgan fingerprint density at radius 1 is 1.38 bits per heavy atom. The molecule has 7 heteroatoms. The maximum absolute atomic E-state index is 12.2. The van der Waals surface area contributed by atoms with Crippen LogP contribution in [0.3, 0.4) is 0 Å². The summed E-state index contributed by atoms with van der Waals surface area (Å²) in [6, 6.07) is 1.80. The zero-order valence-corrected chi connectivity index (χ0v) is 14.9. The van der Waals surface area contributed by atoms with Crippen molar-refractivity contribution in [2.45, 2.75) is 44.4 Å². The van der Waals surface area contributed by atoms with Crippen molar-refractivity contribution in [3.8, 4) is 0 Å². The highest BCUT2D eigenvalue weighted by Crippen LogP contribution is 2.27. The highest BCUT2D eigenvalue weighted by atomic mass is 79.9. The minimum Gasteiger partial charge on any atom is -0.391 e. The molecule has 24 heavy (non-hydrogen) atoms. The fraction of sp³-hybridized carbons (Fsp3) is 0.471. The van der Waals surface area contributed by atoms with E-state index in [9.17, 15) is 9.90 Å². The van der Waals surface area contributed by atoms with E-state index in [2.05, 4.69) is 31.2 Å². The van der Waals surface area contributed by atoms with Crippen LogP contribution in [-0.2, 0) is 17.8 Å². The van der Waals surface area contributed by atoms with Gasteiger partial charge in [-0.1, -0.05) is 0 Å². The van der Waals surface area contributed by atoms with Crippen molar-refractivity contribution in [2.75, 3.05) is 0 Å². The van der Waals surface area contributed by atoms with Crippen LogP contribution in [-0.4, -0.2) is 37.7 Å². The Kier molecular flexibility index (Phi) is 5.63. The average Bonchev–Trinajstić information content (AvgIpc) is 3.16. The maximum atomic E-state index is 12.2. The molecular formula is C17H21BrN4O2. The minimum absolute atomic E-state index is 0.0256. The van der Waals surface area contributed by atoms with Gasteiger partial charge in [-0.05, 0) is 52.7 Å². The highest BCUT2D eigenvalue weighted by molar-refractivity contribution is 9.10. The number of rotatable bonds is 6. The first-order chi connectivity index (χ1) is 11.6. The predicted octanol–water partition coefficient (Wildman–Crippen LogP) is 1.93. The molecule has 1 saturated carbocycles. The second-order valence-corrected chi connectivity index (χ2v) is 7.27. The van der Waals surface area contributed by atoms with Gasteiger partial charge in [0.05, 0.1) is 18.5 Å². The van der Waals surface area contributed by atoms with E-state index in [0.717, 1.165) is 23.0 Å². The summed E-state index contributed by atoms with van der Waals surface area (Å²) >= 11 is 3.38. The van der Waals surface area contributed by atoms with Crippen LogP contribution in [0.1, 0.15) is 24.8 Å². The molecule has 2 aromatic heterocycles. The number of halogens is 1. The average molecular weight is 393 g/mol. The number of carbonyl (C=O) groups is 1. The lowest BCUT2D eigenvalue weighted by molar-refractivity contribution is -0.122. The first-order valence-electron chi connectivity index (χ1n) is 8.13. The summed E-state index contributed by atoms with van der Waals surface area (Å²) in [7, 11) is 0. The van der Waals surface area contributed by atoms with Gasteiger partial charge in [0.15, 0.2) is 0 Å². The maximum Gasteiger partial charge on any atom is 0.220 e. The molecule has 0 radical (unpaired) electrons. The first kappa shape index (κ1) is 17.1. The second-order valence-electron chi connectivity index (χ2n) is 6.35. The fourth-order valence-corrected chi connectivity index (χ4v) is 3.66. The number of aromatic nitrogens is 3. The van der Waals surface area contributed by atoms with Crippen molar-refractivity contribution in [2.24, 2.45) is 5.92 Å². The van der Waals surface area contributed by atoms with E-state index >= 15 is 0 Å². The summed E-state index contributed by atoms with van der Waals surface area (Å²) in [6.45, 7) is 0.827. The van der Waals surface area contributed by atoms with Gasteiger partial charge < -0.3 is 15.0 Å². The Morgan fingerprint density at radius 3 is 3.00 bits per heavy atom. The van der Waals surface area contributed by atoms with Gasteiger partial charge in [-0.15, -0.1) is 0 Å². The number of hydrogen-bond donors (Lipinski definition) is 2. The molecule has 2 N–H and O–H groups in total. The zero-order chi connectivity index (χ0) is 16.9. The van der Waals surface area contributed by atoms with Gasteiger partial charge in [0, 0.05) is 42.2 Å². The standard InChI is InChI=1S/C17H21BrN4O2/c18-14-5-12(8-20-9-14)1-2-17(24)21-15-6-13(7-16(15)23)10-22-4-3-19-11-22/h3-5,8-9,11,13,15-16,23H,1-2,6-7,10H2,(H,21,24)/t13?,15-,16-/m1/s1. The first-order valence-corrected chi connectivity index (χ1v) is 8.92. The number of pyridine rings is 1. The van der Waals surface area contributed by atoms with E-state index in [4.69, 9.17) is 0 Å². The van der Waals surface area contributed by atoms with Crippen molar-refractivity contribution >= 4 is 21.8 Å². The molecule has 1 amide bonds. The third-order valence-electron chi connectivity index (χ3n) is 4.40. The lowest BCUT2D eigenvalue weighted by Gasteiger charge is -2.16. The van der Waals surface area contributed by atoms with Crippen LogP contribution < -0.4 is 5.32 Å². The molecule has 0 saturated heterocycles. The van der Waals surface area contributed by atoms with E-state index in [1.807, 2.05) is 16.8 Å². The zero-order valence-electron chi connectivity index (χ0n) is 13.3. The third kappa shape index (κ3) is 4.64. The van der Waals surface area contributed by atoms with Crippen molar-refractivity contribution in [1.82, 2.24) is 19.9 Å². The minimum atomic E-state index is -0.477. The van der Waals surface area contributed by atoms with E-state index in [1.165, 1.54) is 0 Å². The Morgan fingerprint density at radius 2 is 2.25 bits per heavy atom. The Bertz CT molecular complexity index is 677. The number of aryl methyl sites for hydroxylation is 1. The van der Waals surface area contributed by atoms with Crippen LogP contribution in [0.15, 0.2) is 41.7 Å². The number of amides is 1.